The largest absolute Gasteiger partial charge is 0.481 e. The summed E-state index contributed by atoms with van der Waals surface area (Å²) in [6.07, 6.45) is 2.78. The third-order valence-electron chi connectivity index (χ3n) is 3.42. The fraction of sp³-hybridized carbons (Fsp3) is 0.625. The van der Waals surface area contributed by atoms with Crippen molar-refractivity contribution in [1.29, 1.82) is 0 Å². The number of rotatable bonds is 10. The molecule has 1 heterocycles. The van der Waals surface area contributed by atoms with Crippen LogP contribution in [0, 0.1) is 5.92 Å². The van der Waals surface area contributed by atoms with Crippen LogP contribution >= 0.6 is 0 Å². The third kappa shape index (κ3) is 5.18. The van der Waals surface area contributed by atoms with Crippen molar-refractivity contribution in [2.75, 3.05) is 26.3 Å². The maximum absolute atomic E-state index is 12.6. The van der Waals surface area contributed by atoms with Gasteiger partial charge in [-0.1, -0.05) is 13.8 Å². The molecule has 1 aromatic rings. The van der Waals surface area contributed by atoms with E-state index in [1.165, 1.54) is 6.26 Å². The lowest BCUT2D eigenvalue weighted by Crippen LogP contribution is -2.38. The summed E-state index contributed by atoms with van der Waals surface area (Å²) in [6, 6.07) is 1.64. The number of aliphatic carboxylic acids is 1. The van der Waals surface area contributed by atoms with E-state index in [0.29, 0.717) is 43.9 Å². The summed E-state index contributed by atoms with van der Waals surface area (Å²) in [5.41, 5.74) is 0.511. The summed E-state index contributed by atoms with van der Waals surface area (Å²) in [4.78, 5) is 25.3. The van der Waals surface area contributed by atoms with E-state index in [1.54, 1.807) is 17.9 Å². The molecule has 0 saturated heterocycles. The Morgan fingerprint density at radius 2 is 2.14 bits per heavy atom. The van der Waals surface area contributed by atoms with Gasteiger partial charge in [0.2, 0.25) is 0 Å². The van der Waals surface area contributed by atoms with Crippen LogP contribution in [0.5, 0.6) is 0 Å². The zero-order valence-corrected chi connectivity index (χ0v) is 13.5. The van der Waals surface area contributed by atoms with Crippen LogP contribution in [0.4, 0.5) is 0 Å². The van der Waals surface area contributed by atoms with Crippen molar-refractivity contribution in [3.05, 3.63) is 23.7 Å². The zero-order valence-electron chi connectivity index (χ0n) is 13.5. The summed E-state index contributed by atoms with van der Waals surface area (Å²) in [7, 11) is 0. The Hall–Kier alpha value is -1.82. The number of nitrogens with zero attached hydrogens (tertiary/aromatic N) is 1. The summed E-state index contributed by atoms with van der Waals surface area (Å²) in [6.45, 7) is 7.24. The van der Waals surface area contributed by atoms with Gasteiger partial charge >= 0.3 is 5.97 Å². The first kappa shape index (κ1) is 18.2. The van der Waals surface area contributed by atoms with Gasteiger partial charge in [-0.25, -0.2) is 0 Å². The highest BCUT2D eigenvalue weighted by molar-refractivity contribution is 5.95. The molecule has 0 aliphatic rings. The molecular formula is C16H25NO5. The summed E-state index contributed by atoms with van der Waals surface area (Å²) >= 11 is 0. The van der Waals surface area contributed by atoms with E-state index in [1.807, 2.05) is 13.8 Å². The molecule has 0 aromatic carbocycles. The Kier molecular flexibility index (Phi) is 7.66. The molecule has 1 unspecified atom stereocenters. The molecule has 6 heteroatoms. The number of carboxylic acid groups (broad SMARTS) is 1. The molecule has 1 atom stereocenters. The minimum atomic E-state index is -0.912. The maximum Gasteiger partial charge on any atom is 0.308 e. The van der Waals surface area contributed by atoms with Gasteiger partial charge in [-0.05, 0) is 19.4 Å². The Balaban J connectivity index is 2.78. The van der Waals surface area contributed by atoms with Gasteiger partial charge in [0, 0.05) is 32.7 Å². The van der Waals surface area contributed by atoms with Gasteiger partial charge in [-0.3, -0.25) is 9.59 Å². The van der Waals surface area contributed by atoms with Gasteiger partial charge in [0.05, 0.1) is 17.7 Å². The van der Waals surface area contributed by atoms with Crippen molar-refractivity contribution in [1.82, 2.24) is 4.90 Å². The van der Waals surface area contributed by atoms with Gasteiger partial charge in [0.15, 0.2) is 0 Å². The zero-order chi connectivity index (χ0) is 16.5. The van der Waals surface area contributed by atoms with E-state index < -0.39 is 11.9 Å². The minimum absolute atomic E-state index is 0.175. The number of amides is 1. The topological polar surface area (TPSA) is 80.0 Å². The average Bonchev–Trinajstić information content (AvgIpc) is 2.97. The van der Waals surface area contributed by atoms with Crippen LogP contribution in [-0.4, -0.2) is 48.2 Å². The fourth-order valence-electron chi connectivity index (χ4n) is 2.16. The summed E-state index contributed by atoms with van der Waals surface area (Å²) in [5, 5.41) is 9.07. The van der Waals surface area contributed by atoms with E-state index in [-0.39, 0.29) is 12.5 Å². The molecule has 0 fully saturated rings. The first-order valence-electron chi connectivity index (χ1n) is 7.67. The standard InChI is InChI=1S/C16H25NO5/c1-4-14-13(7-10-22-14)15(18)17(8-6-9-21-5-2)11-12(3)16(19)20/h7,10,12H,4-6,8-9,11H2,1-3H3,(H,19,20). The second-order valence-corrected chi connectivity index (χ2v) is 5.15. The highest BCUT2D eigenvalue weighted by atomic mass is 16.5. The molecule has 0 aliphatic carbocycles. The first-order chi connectivity index (χ1) is 10.5. The highest BCUT2D eigenvalue weighted by Crippen LogP contribution is 2.15. The van der Waals surface area contributed by atoms with E-state index in [4.69, 9.17) is 14.3 Å². The van der Waals surface area contributed by atoms with Crippen molar-refractivity contribution < 1.29 is 23.8 Å². The Bertz CT molecular complexity index is 483. The number of hydrogen-bond acceptors (Lipinski definition) is 4. The number of carbonyl (C=O) groups is 2. The summed E-state index contributed by atoms with van der Waals surface area (Å²) < 4.78 is 10.6. The minimum Gasteiger partial charge on any atom is -0.481 e. The second-order valence-electron chi connectivity index (χ2n) is 5.15. The molecule has 22 heavy (non-hydrogen) atoms. The van der Waals surface area contributed by atoms with Crippen LogP contribution in [0.3, 0.4) is 0 Å². The SMILES string of the molecule is CCOCCCN(CC(C)C(=O)O)C(=O)c1ccoc1CC. The molecule has 0 spiro atoms. The van der Waals surface area contributed by atoms with Gasteiger partial charge < -0.3 is 19.2 Å². The molecule has 6 nitrogen and oxygen atoms in total. The number of carbonyl (C=O) groups excluding carboxylic acids is 1. The van der Waals surface area contributed by atoms with Gasteiger partial charge in [-0.15, -0.1) is 0 Å². The van der Waals surface area contributed by atoms with Gasteiger partial charge in [0.1, 0.15) is 5.76 Å². The van der Waals surface area contributed by atoms with Crippen molar-refractivity contribution in [2.24, 2.45) is 5.92 Å². The Labute approximate surface area is 131 Å². The molecular weight excluding hydrogens is 286 g/mol. The van der Waals surface area contributed by atoms with Crippen molar-refractivity contribution in [2.45, 2.75) is 33.6 Å². The number of ether oxygens (including phenoxy) is 1. The van der Waals surface area contributed by atoms with Crippen LogP contribution in [-0.2, 0) is 16.0 Å². The monoisotopic (exact) mass is 311 g/mol. The lowest BCUT2D eigenvalue weighted by Gasteiger charge is -2.24. The van der Waals surface area contributed by atoms with Gasteiger partial charge in [0.25, 0.3) is 5.91 Å². The number of aryl methyl sites for hydroxylation is 1. The lowest BCUT2D eigenvalue weighted by atomic mass is 10.1. The molecule has 0 aliphatic heterocycles. The van der Waals surface area contributed by atoms with Crippen LogP contribution in [0.25, 0.3) is 0 Å². The molecule has 1 rings (SSSR count). The summed E-state index contributed by atoms with van der Waals surface area (Å²) in [5.74, 6) is -1.09. The van der Waals surface area contributed by atoms with Crippen molar-refractivity contribution >= 4 is 11.9 Å². The van der Waals surface area contributed by atoms with E-state index in [9.17, 15) is 9.59 Å². The molecule has 1 amide bonds. The van der Waals surface area contributed by atoms with E-state index in [2.05, 4.69) is 0 Å². The van der Waals surface area contributed by atoms with E-state index >= 15 is 0 Å². The van der Waals surface area contributed by atoms with Crippen molar-refractivity contribution in [3.8, 4) is 0 Å². The number of hydrogen-bond donors (Lipinski definition) is 1. The molecule has 124 valence electrons. The highest BCUT2D eigenvalue weighted by Gasteiger charge is 2.24. The quantitative estimate of drug-likeness (QED) is 0.671. The Morgan fingerprint density at radius 3 is 2.73 bits per heavy atom. The van der Waals surface area contributed by atoms with Crippen LogP contribution in [0.1, 0.15) is 43.3 Å². The predicted octanol–water partition coefficient (Wildman–Crippen LogP) is 2.43. The average molecular weight is 311 g/mol. The van der Waals surface area contributed by atoms with Gasteiger partial charge in [-0.2, -0.15) is 0 Å². The number of carboxylic acids is 1. The van der Waals surface area contributed by atoms with Crippen LogP contribution < -0.4 is 0 Å². The number of furan rings is 1. The smallest absolute Gasteiger partial charge is 0.308 e. The molecule has 1 N–H and O–H groups in total. The Morgan fingerprint density at radius 1 is 1.41 bits per heavy atom. The lowest BCUT2D eigenvalue weighted by molar-refractivity contribution is -0.141. The van der Waals surface area contributed by atoms with Crippen LogP contribution in [0.2, 0.25) is 0 Å². The third-order valence-corrected chi connectivity index (χ3v) is 3.42. The second kappa shape index (κ2) is 9.25. The first-order valence-corrected chi connectivity index (χ1v) is 7.67. The van der Waals surface area contributed by atoms with Crippen molar-refractivity contribution in [3.63, 3.8) is 0 Å². The maximum atomic E-state index is 12.6. The molecule has 0 saturated carbocycles. The molecule has 0 radical (unpaired) electrons. The normalized spacial score (nSPS) is 12.1. The van der Waals surface area contributed by atoms with Crippen LogP contribution in [0.15, 0.2) is 16.7 Å². The fourth-order valence-corrected chi connectivity index (χ4v) is 2.16. The van der Waals surface area contributed by atoms with E-state index in [0.717, 1.165) is 0 Å². The molecule has 0 bridgehead atoms. The predicted molar refractivity (Wildman–Crippen MR) is 81.9 cm³/mol. The molecule has 1 aromatic heterocycles.